The summed E-state index contributed by atoms with van der Waals surface area (Å²) in [5.41, 5.74) is 0.851. The molecular formula is C22H35NO7S. The molecule has 0 aliphatic rings. The van der Waals surface area contributed by atoms with Crippen molar-refractivity contribution in [2.75, 3.05) is 79.3 Å². The van der Waals surface area contributed by atoms with Gasteiger partial charge in [0.05, 0.1) is 58.4 Å². The fourth-order valence-corrected chi connectivity index (χ4v) is 2.83. The summed E-state index contributed by atoms with van der Waals surface area (Å²) >= 11 is 1.33. The van der Waals surface area contributed by atoms with E-state index in [4.69, 9.17) is 23.1 Å². The lowest BCUT2D eigenvalue weighted by atomic mass is 10.1. The Morgan fingerprint density at radius 3 is 2.00 bits per heavy atom. The Balaban J connectivity index is 1.90. The third-order valence-corrected chi connectivity index (χ3v) is 4.64. The number of rotatable bonds is 20. The summed E-state index contributed by atoms with van der Waals surface area (Å²) in [5, 5.41) is 0. The Bertz CT molecular complexity index is 603. The van der Waals surface area contributed by atoms with E-state index >= 15 is 0 Å². The fraction of sp³-hybridized carbons (Fsp3) is 0.636. The van der Waals surface area contributed by atoms with Gasteiger partial charge in [-0.2, -0.15) is 0 Å². The van der Waals surface area contributed by atoms with E-state index < -0.39 is 0 Å². The molecule has 0 spiro atoms. The molecule has 0 atom stereocenters. The van der Waals surface area contributed by atoms with E-state index in [1.165, 1.54) is 12.0 Å². The first-order valence-electron chi connectivity index (χ1n) is 10.5. The van der Waals surface area contributed by atoms with Gasteiger partial charge in [0.1, 0.15) is 0 Å². The van der Waals surface area contributed by atoms with E-state index in [-0.39, 0.29) is 5.91 Å². The number of aldehydes is 1. The fourth-order valence-electron chi connectivity index (χ4n) is 2.59. The lowest BCUT2D eigenvalue weighted by Gasteiger charge is -2.18. The minimum absolute atomic E-state index is 0.143. The van der Waals surface area contributed by atoms with Crippen LogP contribution in [0.3, 0.4) is 0 Å². The molecule has 0 unspecified atom stereocenters. The zero-order chi connectivity index (χ0) is 22.6. The number of hydrogen-bond donors (Lipinski definition) is 0. The zero-order valence-electron chi connectivity index (χ0n) is 18.6. The van der Waals surface area contributed by atoms with Crippen molar-refractivity contribution < 1.29 is 32.7 Å². The van der Waals surface area contributed by atoms with E-state index in [0.717, 1.165) is 12.8 Å². The van der Waals surface area contributed by atoms with Crippen LogP contribution in [-0.2, 0) is 23.1 Å². The molecule has 0 aliphatic carbocycles. The maximum atomic E-state index is 12.4. The van der Waals surface area contributed by atoms with E-state index in [9.17, 15) is 9.59 Å². The second kappa shape index (κ2) is 19.2. The maximum absolute atomic E-state index is 12.4. The second-order valence-corrected chi connectivity index (χ2v) is 7.15. The Kier molecular flexibility index (Phi) is 17.1. The quantitative estimate of drug-likeness (QED) is 0.168. The summed E-state index contributed by atoms with van der Waals surface area (Å²) in [6, 6.07) is 6.83. The van der Waals surface area contributed by atoms with Crippen LogP contribution in [0.2, 0.25) is 0 Å². The van der Waals surface area contributed by atoms with Crippen molar-refractivity contribution in [3.63, 3.8) is 0 Å². The van der Waals surface area contributed by atoms with Crippen molar-refractivity contribution in [1.82, 2.24) is 4.90 Å². The standard InChI is InChI=1S/C22H35NO7S/c1-23(22(25)21-8-4-3-7-20(21)19-24)9-5-6-10-26-11-12-27-13-14-28-15-16-29-17-18-30-31-2/h3-4,7-8,19H,5-6,9-18H2,1-2H3. The van der Waals surface area contributed by atoms with Crippen LogP contribution >= 0.6 is 12.0 Å². The van der Waals surface area contributed by atoms with Crippen molar-refractivity contribution in [1.29, 1.82) is 0 Å². The van der Waals surface area contributed by atoms with Gasteiger partial charge in [0.15, 0.2) is 6.29 Å². The average molecular weight is 458 g/mol. The molecule has 0 saturated carbocycles. The van der Waals surface area contributed by atoms with E-state index in [1.807, 2.05) is 6.26 Å². The van der Waals surface area contributed by atoms with E-state index in [0.29, 0.717) is 83.4 Å². The van der Waals surface area contributed by atoms with Gasteiger partial charge in [-0.1, -0.05) is 18.2 Å². The molecule has 1 rings (SSSR count). The highest BCUT2D eigenvalue weighted by Gasteiger charge is 2.14. The van der Waals surface area contributed by atoms with E-state index in [2.05, 4.69) is 0 Å². The lowest BCUT2D eigenvalue weighted by molar-refractivity contribution is -0.00437. The number of benzene rings is 1. The molecule has 0 bridgehead atoms. The minimum Gasteiger partial charge on any atom is -0.379 e. The van der Waals surface area contributed by atoms with Gasteiger partial charge in [0.2, 0.25) is 0 Å². The number of ether oxygens (including phenoxy) is 4. The summed E-state index contributed by atoms with van der Waals surface area (Å²) in [4.78, 5) is 25.1. The molecule has 8 nitrogen and oxygen atoms in total. The predicted molar refractivity (Wildman–Crippen MR) is 121 cm³/mol. The van der Waals surface area contributed by atoms with Crippen LogP contribution in [0.1, 0.15) is 33.6 Å². The molecule has 0 saturated heterocycles. The Hall–Kier alpha value is -1.49. The van der Waals surface area contributed by atoms with Gasteiger partial charge in [0, 0.05) is 32.0 Å². The lowest BCUT2D eigenvalue weighted by Crippen LogP contribution is -2.28. The van der Waals surface area contributed by atoms with Gasteiger partial charge >= 0.3 is 0 Å². The van der Waals surface area contributed by atoms with Crippen LogP contribution in [0, 0.1) is 0 Å². The topological polar surface area (TPSA) is 83.5 Å². The first kappa shape index (κ1) is 27.5. The molecule has 0 fully saturated rings. The number of amides is 1. The molecule has 0 aliphatic heterocycles. The zero-order valence-corrected chi connectivity index (χ0v) is 19.4. The molecule has 31 heavy (non-hydrogen) atoms. The van der Waals surface area contributed by atoms with Crippen molar-refractivity contribution in [3.05, 3.63) is 35.4 Å². The number of hydrogen-bond acceptors (Lipinski definition) is 8. The van der Waals surface area contributed by atoms with Gasteiger partial charge in [-0.15, -0.1) is 0 Å². The van der Waals surface area contributed by atoms with Gasteiger partial charge in [0.25, 0.3) is 5.91 Å². The predicted octanol–water partition coefficient (Wildman–Crippen LogP) is 2.71. The number of carbonyl (C=O) groups excluding carboxylic acids is 2. The molecule has 1 aromatic rings. The highest BCUT2D eigenvalue weighted by molar-refractivity contribution is 7.93. The van der Waals surface area contributed by atoms with Crippen LogP contribution in [0.5, 0.6) is 0 Å². The van der Waals surface area contributed by atoms with Gasteiger partial charge in [-0.25, -0.2) is 0 Å². The summed E-state index contributed by atoms with van der Waals surface area (Å²) in [6.07, 6.45) is 4.25. The molecule has 176 valence electrons. The first-order valence-corrected chi connectivity index (χ1v) is 11.6. The van der Waals surface area contributed by atoms with Gasteiger partial charge in [-0.05, 0) is 31.0 Å². The van der Waals surface area contributed by atoms with Crippen molar-refractivity contribution in [2.24, 2.45) is 0 Å². The summed E-state index contributed by atoms with van der Waals surface area (Å²) in [6.45, 7) is 5.55. The summed E-state index contributed by atoms with van der Waals surface area (Å²) in [7, 11) is 1.74. The van der Waals surface area contributed by atoms with Crippen LogP contribution < -0.4 is 0 Å². The minimum atomic E-state index is -0.143. The SMILES string of the molecule is CSOCCOCCOCCOCCOCCCCN(C)C(=O)c1ccccc1C=O. The summed E-state index contributed by atoms with van der Waals surface area (Å²) in [5.74, 6) is -0.143. The number of carbonyl (C=O) groups is 2. The van der Waals surface area contributed by atoms with Gasteiger partial charge < -0.3 is 28.0 Å². The van der Waals surface area contributed by atoms with Crippen LogP contribution in [0.4, 0.5) is 0 Å². The Morgan fingerprint density at radius 2 is 1.42 bits per heavy atom. The van der Waals surface area contributed by atoms with Gasteiger partial charge in [-0.3, -0.25) is 9.59 Å². The average Bonchev–Trinajstić information content (AvgIpc) is 2.80. The van der Waals surface area contributed by atoms with Crippen molar-refractivity contribution in [3.8, 4) is 0 Å². The van der Waals surface area contributed by atoms with Crippen LogP contribution in [-0.4, -0.2) is 96.4 Å². The molecular weight excluding hydrogens is 422 g/mol. The normalized spacial score (nSPS) is 10.9. The third kappa shape index (κ3) is 13.5. The Labute approximate surface area is 189 Å². The smallest absolute Gasteiger partial charge is 0.254 e. The molecule has 0 heterocycles. The largest absolute Gasteiger partial charge is 0.379 e. The molecule has 0 aromatic heterocycles. The monoisotopic (exact) mass is 457 g/mol. The maximum Gasteiger partial charge on any atom is 0.254 e. The third-order valence-electron chi connectivity index (χ3n) is 4.24. The second-order valence-electron chi connectivity index (χ2n) is 6.58. The molecule has 1 amide bonds. The molecule has 1 aromatic carbocycles. The number of nitrogens with zero attached hydrogens (tertiary/aromatic N) is 1. The summed E-state index contributed by atoms with van der Waals surface area (Å²) < 4.78 is 26.8. The highest BCUT2D eigenvalue weighted by Crippen LogP contribution is 2.09. The molecule has 9 heteroatoms. The molecule has 0 N–H and O–H groups in total. The highest BCUT2D eigenvalue weighted by atomic mass is 32.2. The number of unbranched alkanes of at least 4 members (excludes halogenated alkanes) is 1. The van der Waals surface area contributed by atoms with Crippen molar-refractivity contribution >= 4 is 24.2 Å². The molecule has 0 radical (unpaired) electrons. The van der Waals surface area contributed by atoms with E-state index in [1.54, 1.807) is 36.2 Å². The van der Waals surface area contributed by atoms with Crippen molar-refractivity contribution in [2.45, 2.75) is 12.8 Å². The van der Waals surface area contributed by atoms with Crippen LogP contribution in [0.15, 0.2) is 24.3 Å². The first-order chi connectivity index (χ1) is 15.2. The Morgan fingerprint density at radius 1 is 0.871 bits per heavy atom. The van der Waals surface area contributed by atoms with Crippen LogP contribution in [0.25, 0.3) is 0 Å².